The van der Waals surface area contributed by atoms with Crippen molar-refractivity contribution in [2.75, 3.05) is 5.32 Å². The molecule has 0 aromatic heterocycles. The van der Waals surface area contributed by atoms with Crippen LogP contribution < -0.4 is 15.4 Å². The molecule has 0 aliphatic carbocycles. The van der Waals surface area contributed by atoms with Crippen LogP contribution in [0.5, 0.6) is 5.75 Å². The number of carbonyl (C=O) groups excluding carboxylic acids is 2. The zero-order valence-corrected chi connectivity index (χ0v) is 16.2. The second-order valence-corrected chi connectivity index (χ2v) is 6.76. The van der Waals surface area contributed by atoms with E-state index in [9.17, 15) is 9.59 Å². The molecule has 0 bridgehead atoms. The van der Waals surface area contributed by atoms with Crippen LogP contribution in [0.2, 0.25) is 10.0 Å². The minimum atomic E-state index is -0.841. The number of hydrogen-bond acceptors (Lipinski definition) is 3. The number of rotatable bonds is 6. The standard InChI is InChI=1S/C19H20Cl2N2O3/c1-11(2)22-19(25)13-7-4-5-9-15(13)23-18(24)12(3)26-16-10-6-8-14(20)17(16)21/h4-12H,1-3H3,(H,22,25)(H,23,24). The summed E-state index contributed by atoms with van der Waals surface area (Å²) in [5.41, 5.74) is 0.783. The van der Waals surface area contributed by atoms with Crippen molar-refractivity contribution in [3.63, 3.8) is 0 Å². The summed E-state index contributed by atoms with van der Waals surface area (Å²) in [6, 6.07) is 11.7. The van der Waals surface area contributed by atoms with Gasteiger partial charge in [0.1, 0.15) is 10.8 Å². The topological polar surface area (TPSA) is 67.4 Å². The van der Waals surface area contributed by atoms with Gasteiger partial charge in [0.05, 0.1) is 16.3 Å². The molecule has 7 heteroatoms. The molecular formula is C19H20Cl2N2O3. The summed E-state index contributed by atoms with van der Waals surface area (Å²) in [6.07, 6.45) is -0.841. The predicted octanol–water partition coefficient (Wildman–Crippen LogP) is 4.54. The van der Waals surface area contributed by atoms with Crippen molar-refractivity contribution in [1.82, 2.24) is 5.32 Å². The summed E-state index contributed by atoms with van der Waals surface area (Å²) >= 11 is 12.0. The fraction of sp³-hybridized carbons (Fsp3) is 0.263. The Morgan fingerprint density at radius 1 is 1.00 bits per heavy atom. The molecule has 2 aromatic carbocycles. The van der Waals surface area contributed by atoms with Crippen LogP contribution in [-0.2, 0) is 4.79 Å². The molecule has 0 heterocycles. The van der Waals surface area contributed by atoms with E-state index in [1.54, 1.807) is 49.4 Å². The predicted molar refractivity (Wildman–Crippen MR) is 104 cm³/mol. The summed E-state index contributed by atoms with van der Waals surface area (Å²) in [5.74, 6) is -0.360. The Morgan fingerprint density at radius 3 is 2.38 bits per heavy atom. The highest BCUT2D eigenvalue weighted by atomic mass is 35.5. The Kier molecular flexibility index (Phi) is 6.89. The maximum Gasteiger partial charge on any atom is 0.265 e. The minimum absolute atomic E-state index is 0.0153. The highest BCUT2D eigenvalue weighted by molar-refractivity contribution is 6.42. The number of para-hydroxylation sites is 1. The molecule has 0 saturated heterocycles. The van der Waals surface area contributed by atoms with Gasteiger partial charge in [0, 0.05) is 6.04 Å². The van der Waals surface area contributed by atoms with Gasteiger partial charge in [0.15, 0.2) is 6.10 Å². The number of carbonyl (C=O) groups is 2. The minimum Gasteiger partial charge on any atom is -0.479 e. The van der Waals surface area contributed by atoms with Crippen molar-refractivity contribution in [3.05, 3.63) is 58.1 Å². The molecular weight excluding hydrogens is 375 g/mol. The first-order chi connectivity index (χ1) is 12.3. The lowest BCUT2D eigenvalue weighted by atomic mass is 10.1. The van der Waals surface area contributed by atoms with Crippen molar-refractivity contribution >= 4 is 40.7 Å². The van der Waals surface area contributed by atoms with Crippen molar-refractivity contribution in [2.24, 2.45) is 0 Å². The molecule has 0 aliphatic rings. The van der Waals surface area contributed by atoms with Crippen molar-refractivity contribution in [1.29, 1.82) is 0 Å². The molecule has 2 N–H and O–H groups in total. The molecule has 5 nitrogen and oxygen atoms in total. The van der Waals surface area contributed by atoms with Gasteiger partial charge in [-0.15, -0.1) is 0 Å². The number of benzene rings is 2. The maximum absolute atomic E-state index is 12.5. The Bertz CT molecular complexity index is 809. The second kappa shape index (κ2) is 8.92. The van der Waals surface area contributed by atoms with Crippen LogP contribution in [0.1, 0.15) is 31.1 Å². The number of amides is 2. The first-order valence-corrected chi connectivity index (χ1v) is 8.86. The molecule has 0 fully saturated rings. The third kappa shape index (κ3) is 5.13. The number of anilines is 1. The monoisotopic (exact) mass is 394 g/mol. The van der Waals surface area contributed by atoms with Crippen LogP contribution in [0.3, 0.4) is 0 Å². The lowest BCUT2D eigenvalue weighted by Crippen LogP contribution is -2.33. The Morgan fingerprint density at radius 2 is 1.69 bits per heavy atom. The molecule has 2 amide bonds. The van der Waals surface area contributed by atoms with E-state index in [0.717, 1.165) is 0 Å². The highest BCUT2D eigenvalue weighted by Gasteiger charge is 2.20. The third-order valence-electron chi connectivity index (χ3n) is 3.44. The Labute approximate surface area is 162 Å². The van der Waals surface area contributed by atoms with Crippen molar-refractivity contribution in [2.45, 2.75) is 32.9 Å². The van der Waals surface area contributed by atoms with Gasteiger partial charge in [-0.25, -0.2) is 0 Å². The average molecular weight is 395 g/mol. The number of nitrogens with one attached hydrogen (secondary N) is 2. The van der Waals surface area contributed by atoms with Crippen LogP contribution in [0.15, 0.2) is 42.5 Å². The molecule has 0 spiro atoms. The van der Waals surface area contributed by atoms with E-state index in [1.165, 1.54) is 0 Å². The molecule has 1 atom stereocenters. The van der Waals surface area contributed by atoms with Gasteiger partial charge in [-0.05, 0) is 45.0 Å². The molecule has 1 unspecified atom stereocenters. The van der Waals surface area contributed by atoms with E-state index in [1.807, 2.05) is 13.8 Å². The SMILES string of the molecule is CC(C)NC(=O)c1ccccc1NC(=O)C(C)Oc1cccc(Cl)c1Cl. The van der Waals surface area contributed by atoms with E-state index in [4.69, 9.17) is 27.9 Å². The summed E-state index contributed by atoms with van der Waals surface area (Å²) < 4.78 is 5.60. The Hall–Kier alpha value is -2.24. The lowest BCUT2D eigenvalue weighted by molar-refractivity contribution is -0.122. The Balaban J connectivity index is 2.12. The zero-order chi connectivity index (χ0) is 19.3. The van der Waals surface area contributed by atoms with Crippen LogP contribution >= 0.6 is 23.2 Å². The van der Waals surface area contributed by atoms with E-state index < -0.39 is 12.0 Å². The summed E-state index contributed by atoms with van der Waals surface area (Å²) in [7, 11) is 0. The molecule has 0 saturated carbocycles. The summed E-state index contributed by atoms with van der Waals surface area (Å²) in [4.78, 5) is 24.7. The molecule has 2 rings (SSSR count). The number of ether oxygens (including phenoxy) is 1. The van der Waals surface area contributed by atoms with E-state index >= 15 is 0 Å². The normalized spacial score (nSPS) is 11.8. The first kappa shape index (κ1) is 20.1. The smallest absolute Gasteiger partial charge is 0.265 e. The van der Waals surface area contributed by atoms with Gasteiger partial charge in [-0.3, -0.25) is 9.59 Å². The van der Waals surface area contributed by atoms with Gasteiger partial charge in [0.2, 0.25) is 0 Å². The quantitative estimate of drug-likeness (QED) is 0.755. The van der Waals surface area contributed by atoms with Crippen LogP contribution in [0.25, 0.3) is 0 Å². The van der Waals surface area contributed by atoms with Gasteiger partial charge in [-0.1, -0.05) is 41.4 Å². The second-order valence-electron chi connectivity index (χ2n) is 5.98. The van der Waals surface area contributed by atoms with E-state index in [0.29, 0.717) is 22.0 Å². The van der Waals surface area contributed by atoms with Crippen LogP contribution in [-0.4, -0.2) is 24.0 Å². The molecule has 26 heavy (non-hydrogen) atoms. The van der Waals surface area contributed by atoms with Gasteiger partial charge >= 0.3 is 0 Å². The average Bonchev–Trinajstić information content (AvgIpc) is 2.58. The van der Waals surface area contributed by atoms with Crippen LogP contribution in [0.4, 0.5) is 5.69 Å². The van der Waals surface area contributed by atoms with Gasteiger partial charge in [0.25, 0.3) is 11.8 Å². The van der Waals surface area contributed by atoms with Gasteiger partial charge in [-0.2, -0.15) is 0 Å². The number of halogens is 2. The number of hydrogen-bond donors (Lipinski definition) is 2. The first-order valence-electron chi connectivity index (χ1n) is 8.11. The van der Waals surface area contributed by atoms with Crippen molar-refractivity contribution < 1.29 is 14.3 Å². The lowest BCUT2D eigenvalue weighted by Gasteiger charge is -2.17. The van der Waals surface area contributed by atoms with Gasteiger partial charge < -0.3 is 15.4 Å². The summed E-state index contributed by atoms with van der Waals surface area (Å²) in [5, 5.41) is 6.10. The fourth-order valence-electron chi connectivity index (χ4n) is 2.18. The summed E-state index contributed by atoms with van der Waals surface area (Å²) in [6.45, 7) is 5.32. The molecule has 0 aliphatic heterocycles. The maximum atomic E-state index is 12.5. The largest absolute Gasteiger partial charge is 0.479 e. The van der Waals surface area contributed by atoms with Crippen molar-refractivity contribution in [3.8, 4) is 5.75 Å². The molecule has 2 aromatic rings. The highest BCUT2D eigenvalue weighted by Crippen LogP contribution is 2.32. The van der Waals surface area contributed by atoms with E-state index in [2.05, 4.69) is 10.6 Å². The molecule has 0 radical (unpaired) electrons. The van der Waals surface area contributed by atoms with Crippen LogP contribution in [0, 0.1) is 0 Å². The zero-order valence-electron chi connectivity index (χ0n) is 14.7. The molecule has 138 valence electrons. The third-order valence-corrected chi connectivity index (χ3v) is 4.24. The van der Waals surface area contributed by atoms with E-state index in [-0.39, 0.29) is 17.0 Å². The fourth-order valence-corrected chi connectivity index (χ4v) is 2.52.